The maximum atomic E-state index is 14.2. The van der Waals surface area contributed by atoms with E-state index in [9.17, 15) is 38.0 Å². The van der Waals surface area contributed by atoms with Crippen molar-refractivity contribution in [1.29, 1.82) is 0 Å². The molecule has 4 aliphatic heterocycles. The van der Waals surface area contributed by atoms with Gasteiger partial charge >= 0.3 is 0 Å². The van der Waals surface area contributed by atoms with E-state index < -0.39 is 27.9 Å². The van der Waals surface area contributed by atoms with Gasteiger partial charge in [-0.1, -0.05) is 55.3 Å². The molecule has 6 N–H and O–H groups in total. The van der Waals surface area contributed by atoms with Crippen LogP contribution < -0.4 is 30.2 Å². The molecule has 2 aliphatic carbocycles. The summed E-state index contributed by atoms with van der Waals surface area (Å²) in [6.45, 7) is 14.4. The number of H-pyrrole nitrogens is 1. The molecule has 1 saturated carbocycles. The number of anilines is 3. The zero-order valence-corrected chi connectivity index (χ0v) is 51.6. The summed E-state index contributed by atoms with van der Waals surface area (Å²) >= 11 is 6.28. The fourth-order valence-electron chi connectivity index (χ4n) is 13.9. The zero-order valence-electron chi connectivity index (χ0n) is 50.0. The predicted octanol–water partition coefficient (Wildman–Crippen LogP) is 9.48. The first-order valence-corrected chi connectivity index (χ1v) is 32.8. The van der Waals surface area contributed by atoms with Gasteiger partial charge in [-0.05, 0) is 165 Å². The van der Waals surface area contributed by atoms with Crippen molar-refractivity contribution in [3.63, 3.8) is 0 Å². The highest BCUT2D eigenvalue weighted by Gasteiger charge is 2.40. The minimum Gasteiger partial charge on any atom is -0.455 e. The van der Waals surface area contributed by atoms with Crippen LogP contribution in [0.4, 0.5) is 17.1 Å². The number of amides is 4. The standard InChI is InChI=1S/C66H78ClN11O9S/c1-66(2)24-22-47(55(38-66)45-10-12-48(67)13-11-45)41-74-29-33-76(34-30-74)50-16-18-54(60(36-50)87-51-35-46-23-25-68-62(46)70-40-51)63(80)72-88(85,86)52-17-19-57(59(37-52)78(83)84)69-39-43-8-14-49(15-9-43)75-31-27-73(28-32-75)26-4-6-44-5-3-7-53-56(44)42-77(65(53)82)58-20-21-61(79)71-64(58)81/h3,5,7,10-13,16-19,23,25,35-37,40,43,49,58,69,83-84H,4,6,8-9,14-15,20-22,24,26-34,38-39,41-42H2,1-2H3,(H,68,70)(H,72,80)(H,71,79,81). The summed E-state index contributed by atoms with van der Waals surface area (Å²) in [4.78, 5) is 70.6. The highest BCUT2D eigenvalue weighted by atomic mass is 35.5. The molecule has 464 valence electrons. The number of sulfonamides is 1. The van der Waals surface area contributed by atoms with Gasteiger partial charge in [0.2, 0.25) is 11.8 Å². The van der Waals surface area contributed by atoms with Crippen LogP contribution in [0.3, 0.4) is 0 Å². The number of ether oxygens (including phenoxy) is 1. The molecule has 3 saturated heterocycles. The second-order valence-corrected chi connectivity index (χ2v) is 27.5. The normalized spacial score (nSPS) is 21.4. The third kappa shape index (κ3) is 13.8. The number of rotatable bonds is 19. The molecule has 1 atom stereocenters. The van der Waals surface area contributed by atoms with Gasteiger partial charge in [0.15, 0.2) is 0 Å². The Bertz CT molecular complexity index is 3740. The van der Waals surface area contributed by atoms with Crippen molar-refractivity contribution in [2.75, 3.05) is 87.4 Å². The van der Waals surface area contributed by atoms with Gasteiger partial charge in [0.1, 0.15) is 28.9 Å². The SMILES string of the molecule is CC1(C)CCC(CN2CCN(c3ccc(C(=O)NS(=O)(=O)c4ccc(NCC5CCC(N6CCN(CCCc7cccc8c7CN(C7CCC(=O)NC7=O)C8=O)CC6)CC5)c(N(O)O)c4)c(Oc4cnc5[nH]ccc5c4)c3)CC2)=C(c2ccc(Cl)cc2)C1. The number of nitrogens with zero attached hydrogens (tertiary/aromatic N) is 7. The van der Waals surface area contributed by atoms with E-state index in [1.807, 2.05) is 30.3 Å². The third-order valence-corrected chi connectivity index (χ3v) is 20.6. The molecule has 6 heterocycles. The monoisotopic (exact) mass is 1240 g/mol. The van der Waals surface area contributed by atoms with E-state index in [2.05, 4.69) is 77.0 Å². The van der Waals surface area contributed by atoms with E-state index in [1.165, 1.54) is 28.8 Å². The number of carbonyl (C=O) groups excluding carboxylic acids is 4. The lowest BCUT2D eigenvalue weighted by Crippen LogP contribution is -2.52. The molecular weight excluding hydrogens is 1160 g/mol. The molecule has 4 amide bonds. The largest absolute Gasteiger partial charge is 0.455 e. The topological polar surface area (TPSA) is 236 Å². The molecule has 12 rings (SSSR count). The van der Waals surface area contributed by atoms with Gasteiger partial charge < -0.3 is 29.7 Å². The van der Waals surface area contributed by atoms with Crippen LogP contribution in [-0.4, -0.2) is 156 Å². The average Bonchev–Trinajstić information content (AvgIpc) is 2.66. The Balaban J connectivity index is 0.631. The highest BCUT2D eigenvalue weighted by Crippen LogP contribution is 2.44. The Morgan fingerprint density at radius 2 is 1.64 bits per heavy atom. The number of aromatic nitrogens is 2. The molecule has 0 bridgehead atoms. The molecule has 4 aromatic carbocycles. The number of aryl methyl sites for hydroxylation is 1. The fourth-order valence-corrected chi connectivity index (χ4v) is 15.0. The second kappa shape index (κ2) is 26.0. The number of nitrogens with one attached hydrogen (secondary N) is 4. The van der Waals surface area contributed by atoms with Gasteiger partial charge in [-0.25, -0.2) is 18.1 Å². The third-order valence-electron chi connectivity index (χ3n) is 19.0. The van der Waals surface area contributed by atoms with Crippen molar-refractivity contribution >= 4 is 78.9 Å². The summed E-state index contributed by atoms with van der Waals surface area (Å²) in [5.41, 5.74) is 8.68. The number of piperidine rings is 1. The summed E-state index contributed by atoms with van der Waals surface area (Å²) < 4.78 is 36.8. The minimum atomic E-state index is -4.57. The Morgan fingerprint density at radius 3 is 2.40 bits per heavy atom. The Labute approximate surface area is 518 Å². The number of halogens is 1. The number of carbonyl (C=O) groups is 4. The summed E-state index contributed by atoms with van der Waals surface area (Å²) in [5.74, 6) is -0.966. The average molecular weight is 1240 g/mol. The van der Waals surface area contributed by atoms with E-state index >= 15 is 0 Å². The molecule has 4 fully saturated rings. The molecule has 2 aromatic heterocycles. The smallest absolute Gasteiger partial charge is 0.268 e. The Hall–Kier alpha value is -7.37. The number of imide groups is 1. The highest BCUT2D eigenvalue weighted by molar-refractivity contribution is 7.90. The summed E-state index contributed by atoms with van der Waals surface area (Å²) in [6.07, 6.45) is 12.9. The zero-order chi connectivity index (χ0) is 61.3. The molecule has 6 aromatic rings. The number of piperazine rings is 2. The second-order valence-electron chi connectivity index (χ2n) is 25.3. The van der Waals surface area contributed by atoms with E-state index in [-0.39, 0.29) is 50.8 Å². The van der Waals surface area contributed by atoms with E-state index in [4.69, 9.17) is 16.3 Å². The number of aromatic amines is 1. The fraction of sp³-hybridized carbons (Fsp3) is 0.439. The number of benzene rings is 4. The lowest BCUT2D eigenvalue weighted by Gasteiger charge is -2.42. The van der Waals surface area contributed by atoms with Gasteiger partial charge in [0, 0.05) is 118 Å². The molecule has 20 nitrogen and oxygen atoms in total. The van der Waals surface area contributed by atoms with Gasteiger partial charge in [0.05, 0.1) is 22.3 Å². The van der Waals surface area contributed by atoms with Crippen molar-refractivity contribution in [2.45, 2.75) is 108 Å². The minimum absolute atomic E-state index is 0.0217. The van der Waals surface area contributed by atoms with Crippen molar-refractivity contribution in [3.05, 3.63) is 142 Å². The van der Waals surface area contributed by atoms with Crippen LogP contribution in [0, 0.1) is 11.3 Å². The summed E-state index contributed by atoms with van der Waals surface area (Å²) in [5, 5.41) is 28.0. The van der Waals surface area contributed by atoms with Gasteiger partial charge in [-0.2, -0.15) is 0 Å². The van der Waals surface area contributed by atoms with Crippen molar-refractivity contribution in [3.8, 4) is 11.5 Å². The number of hydrogen-bond donors (Lipinski definition) is 6. The molecule has 22 heteroatoms. The number of fused-ring (bicyclic) bond motifs is 2. The van der Waals surface area contributed by atoms with Crippen LogP contribution in [0.15, 0.2) is 114 Å². The lowest BCUT2D eigenvalue weighted by atomic mass is 9.72. The predicted molar refractivity (Wildman–Crippen MR) is 337 cm³/mol. The first-order chi connectivity index (χ1) is 42.4. The molecule has 88 heavy (non-hydrogen) atoms. The number of pyridine rings is 1. The van der Waals surface area contributed by atoms with Crippen molar-refractivity contribution in [2.24, 2.45) is 11.3 Å². The van der Waals surface area contributed by atoms with Crippen LogP contribution in [0.5, 0.6) is 11.5 Å². The maximum Gasteiger partial charge on any atom is 0.268 e. The van der Waals surface area contributed by atoms with Crippen molar-refractivity contribution in [1.82, 2.24) is 39.6 Å². The van der Waals surface area contributed by atoms with Crippen LogP contribution in [-0.2, 0) is 32.6 Å². The number of allylic oxidation sites excluding steroid dienone is 1. The number of hydrogen-bond acceptors (Lipinski definition) is 16. The van der Waals surface area contributed by atoms with Crippen LogP contribution in [0.2, 0.25) is 5.02 Å². The van der Waals surface area contributed by atoms with E-state index in [1.54, 1.807) is 41.6 Å². The Morgan fingerprint density at radius 1 is 0.864 bits per heavy atom. The molecule has 6 aliphatic rings. The Kier molecular flexibility index (Phi) is 18.0. The van der Waals surface area contributed by atoms with Crippen LogP contribution >= 0.6 is 11.6 Å². The van der Waals surface area contributed by atoms with Crippen molar-refractivity contribution < 1.29 is 42.7 Å². The first kappa shape index (κ1) is 60.9. The lowest BCUT2D eigenvalue weighted by molar-refractivity contribution is -0.136. The molecular formula is C66H78ClN11O9S. The van der Waals surface area contributed by atoms with Gasteiger partial charge in [-0.15, -0.1) is 5.23 Å². The summed E-state index contributed by atoms with van der Waals surface area (Å²) in [6, 6.07) is 26.6. The summed E-state index contributed by atoms with van der Waals surface area (Å²) in [7, 11) is -4.57. The van der Waals surface area contributed by atoms with Gasteiger partial charge in [0.25, 0.3) is 21.8 Å². The molecule has 0 radical (unpaired) electrons. The van der Waals surface area contributed by atoms with Gasteiger partial charge in [-0.3, -0.25) is 44.7 Å². The molecule has 0 spiro atoms. The van der Waals surface area contributed by atoms with Crippen LogP contribution in [0.1, 0.15) is 115 Å². The van der Waals surface area contributed by atoms with Crippen LogP contribution in [0.25, 0.3) is 16.6 Å². The van der Waals surface area contributed by atoms with E-state index in [0.29, 0.717) is 54.1 Å². The maximum absolute atomic E-state index is 14.2. The van der Waals surface area contributed by atoms with E-state index in [0.717, 1.165) is 157 Å². The quantitative estimate of drug-likeness (QED) is 0.0327. The first-order valence-electron chi connectivity index (χ1n) is 30.9. The molecule has 1 unspecified atom stereocenters.